The summed E-state index contributed by atoms with van der Waals surface area (Å²) < 4.78 is 45.8. The van der Waals surface area contributed by atoms with Gasteiger partial charge in [-0.2, -0.15) is 0 Å². The van der Waals surface area contributed by atoms with Crippen molar-refractivity contribution in [3.8, 4) is 11.5 Å². The average Bonchev–Trinajstić information content (AvgIpc) is 2.41. The second-order valence-corrected chi connectivity index (χ2v) is 4.93. The van der Waals surface area contributed by atoms with Crippen molar-refractivity contribution in [2.24, 2.45) is 0 Å². The summed E-state index contributed by atoms with van der Waals surface area (Å²) in [4.78, 5) is 0. The molecule has 0 amide bonds. The SMILES string of the molecule is CC(C)NCc1c(F)cccc1Oc1ccc(F)cc1F. The van der Waals surface area contributed by atoms with Crippen LogP contribution in [0.3, 0.4) is 0 Å². The van der Waals surface area contributed by atoms with Gasteiger partial charge in [0.05, 0.1) is 0 Å². The molecule has 2 aromatic carbocycles. The second-order valence-electron chi connectivity index (χ2n) is 4.93. The average molecular weight is 295 g/mol. The molecule has 0 aromatic heterocycles. The van der Waals surface area contributed by atoms with Gasteiger partial charge in [-0.05, 0) is 24.3 Å². The summed E-state index contributed by atoms with van der Waals surface area (Å²) in [5.41, 5.74) is 0.301. The highest BCUT2D eigenvalue weighted by atomic mass is 19.1. The molecular formula is C16H16F3NO. The highest BCUT2D eigenvalue weighted by molar-refractivity contribution is 5.39. The van der Waals surface area contributed by atoms with Crippen LogP contribution >= 0.6 is 0 Å². The summed E-state index contributed by atoms with van der Waals surface area (Å²) in [6.07, 6.45) is 0. The molecule has 21 heavy (non-hydrogen) atoms. The third kappa shape index (κ3) is 3.98. The molecule has 0 aliphatic rings. The molecule has 0 radical (unpaired) electrons. The zero-order valence-corrected chi connectivity index (χ0v) is 11.8. The highest BCUT2D eigenvalue weighted by Gasteiger charge is 2.13. The van der Waals surface area contributed by atoms with Crippen molar-refractivity contribution >= 4 is 0 Å². The molecule has 0 aliphatic heterocycles. The van der Waals surface area contributed by atoms with E-state index in [1.54, 1.807) is 6.07 Å². The molecule has 0 fully saturated rings. The van der Waals surface area contributed by atoms with E-state index in [0.29, 0.717) is 5.56 Å². The fraction of sp³-hybridized carbons (Fsp3) is 0.250. The van der Waals surface area contributed by atoms with Crippen molar-refractivity contribution in [2.45, 2.75) is 26.4 Å². The molecule has 0 aliphatic carbocycles. The third-order valence-electron chi connectivity index (χ3n) is 2.88. The van der Waals surface area contributed by atoms with Crippen molar-refractivity contribution in [2.75, 3.05) is 0 Å². The summed E-state index contributed by atoms with van der Waals surface area (Å²) in [6, 6.07) is 7.49. The molecule has 0 saturated carbocycles. The Kier molecular flexibility index (Phi) is 4.85. The minimum absolute atomic E-state index is 0.146. The van der Waals surface area contributed by atoms with Crippen LogP contribution in [0, 0.1) is 17.5 Å². The van der Waals surface area contributed by atoms with Crippen LogP contribution in [0.4, 0.5) is 13.2 Å². The Morgan fingerprint density at radius 3 is 2.43 bits per heavy atom. The van der Waals surface area contributed by atoms with E-state index in [1.165, 1.54) is 18.2 Å². The molecule has 0 spiro atoms. The summed E-state index contributed by atoms with van der Waals surface area (Å²) in [6.45, 7) is 4.12. The van der Waals surface area contributed by atoms with E-state index in [4.69, 9.17) is 4.74 Å². The summed E-state index contributed by atoms with van der Waals surface area (Å²) in [7, 11) is 0. The van der Waals surface area contributed by atoms with Gasteiger partial charge in [0.1, 0.15) is 17.4 Å². The van der Waals surface area contributed by atoms with Gasteiger partial charge in [0.25, 0.3) is 0 Å². The molecule has 0 saturated heterocycles. The fourth-order valence-electron chi connectivity index (χ4n) is 1.79. The molecule has 2 nitrogen and oxygen atoms in total. The maximum absolute atomic E-state index is 13.9. The second kappa shape index (κ2) is 6.63. The monoisotopic (exact) mass is 295 g/mol. The number of hydrogen-bond donors (Lipinski definition) is 1. The van der Waals surface area contributed by atoms with Crippen LogP contribution in [0.2, 0.25) is 0 Å². The summed E-state index contributed by atoms with van der Waals surface area (Å²) in [5.74, 6) is -1.91. The molecule has 5 heteroatoms. The number of rotatable bonds is 5. The van der Waals surface area contributed by atoms with E-state index in [0.717, 1.165) is 12.1 Å². The molecule has 1 N–H and O–H groups in total. The Morgan fingerprint density at radius 2 is 1.76 bits per heavy atom. The lowest BCUT2D eigenvalue weighted by atomic mass is 10.1. The first-order valence-electron chi connectivity index (χ1n) is 6.61. The van der Waals surface area contributed by atoms with Crippen molar-refractivity contribution in [3.63, 3.8) is 0 Å². The minimum Gasteiger partial charge on any atom is -0.454 e. The van der Waals surface area contributed by atoms with E-state index < -0.39 is 17.5 Å². The molecule has 2 rings (SSSR count). The van der Waals surface area contributed by atoms with Crippen LogP contribution in [-0.2, 0) is 6.54 Å². The Balaban J connectivity index is 2.28. The fourth-order valence-corrected chi connectivity index (χ4v) is 1.79. The third-order valence-corrected chi connectivity index (χ3v) is 2.88. The summed E-state index contributed by atoms with van der Waals surface area (Å²) >= 11 is 0. The number of nitrogens with one attached hydrogen (secondary N) is 1. The smallest absolute Gasteiger partial charge is 0.168 e. The molecule has 112 valence electrons. The predicted octanol–water partition coefficient (Wildman–Crippen LogP) is 4.39. The van der Waals surface area contributed by atoms with Crippen LogP contribution in [0.25, 0.3) is 0 Å². The van der Waals surface area contributed by atoms with Gasteiger partial charge in [-0.3, -0.25) is 0 Å². The molecular weight excluding hydrogens is 279 g/mol. The van der Waals surface area contributed by atoms with Gasteiger partial charge in [0, 0.05) is 24.2 Å². The van der Waals surface area contributed by atoms with Crippen LogP contribution in [-0.4, -0.2) is 6.04 Å². The molecule has 0 heterocycles. The zero-order valence-electron chi connectivity index (χ0n) is 11.8. The lowest BCUT2D eigenvalue weighted by molar-refractivity contribution is 0.424. The van der Waals surface area contributed by atoms with Crippen molar-refractivity contribution in [1.29, 1.82) is 0 Å². The van der Waals surface area contributed by atoms with E-state index >= 15 is 0 Å². The van der Waals surface area contributed by atoms with E-state index in [1.807, 2.05) is 13.8 Å². The largest absolute Gasteiger partial charge is 0.454 e. The maximum atomic E-state index is 13.9. The Labute approximate surface area is 121 Å². The van der Waals surface area contributed by atoms with E-state index in [9.17, 15) is 13.2 Å². The topological polar surface area (TPSA) is 21.3 Å². The van der Waals surface area contributed by atoms with Crippen LogP contribution < -0.4 is 10.1 Å². The van der Waals surface area contributed by atoms with Gasteiger partial charge in [0.15, 0.2) is 11.6 Å². The van der Waals surface area contributed by atoms with E-state index in [-0.39, 0.29) is 24.1 Å². The van der Waals surface area contributed by atoms with Crippen LogP contribution in [0.5, 0.6) is 11.5 Å². The number of hydrogen-bond acceptors (Lipinski definition) is 2. The van der Waals surface area contributed by atoms with Crippen LogP contribution in [0.15, 0.2) is 36.4 Å². The molecule has 2 aromatic rings. The first kappa shape index (κ1) is 15.4. The van der Waals surface area contributed by atoms with Gasteiger partial charge in [-0.1, -0.05) is 19.9 Å². The quantitative estimate of drug-likeness (QED) is 0.883. The Hall–Kier alpha value is -2.01. The summed E-state index contributed by atoms with van der Waals surface area (Å²) in [5, 5.41) is 3.08. The number of ether oxygens (including phenoxy) is 1. The number of halogens is 3. The van der Waals surface area contributed by atoms with E-state index in [2.05, 4.69) is 5.32 Å². The highest BCUT2D eigenvalue weighted by Crippen LogP contribution is 2.29. The zero-order chi connectivity index (χ0) is 15.4. The Bertz CT molecular complexity index is 629. The van der Waals surface area contributed by atoms with Gasteiger partial charge < -0.3 is 10.1 Å². The molecule has 0 atom stereocenters. The lowest BCUT2D eigenvalue weighted by Gasteiger charge is -2.14. The van der Waals surface area contributed by atoms with Gasteiger partial charge in [-0.25, -0.2) is 13.2 Å². The lowest BCUT2D eigenvalue weighted by Crippen LogP contribution is -2.22. The molecule has 0 bridgehead atoms. The normalized spacial score (nSPS) is 11.0. The Morgan fingerprint density at radius 1 is 1.00 bits per heavy atom. The first-order chi connectivity index (χ1) is 9.97. The van der Waals surface area contributed by atoms with Gasteiger partial charge in [0.2, 0.25) is 0 Å². The van der Waals surface area contributed by atoms with Crippen molar-refractivity contribution in [1.82, 2.24) is 5.32 Å². The van der Waals surface area contributed by atoms with Crippen molar-refractivity contribution < 1.29 is 17.9 Å². The van der Waals surface area contributed by atoms with Crippen LogP contribution in [0.1, 0.15) is 19.4 Å². The predicted molar refractivity (Wildman–Crippen MR) is 74.8 cm³/mol. The first-order valence-corrected chi connectivity index (χ1v) is 6.61. The maximum Gasteiger partial charge on any atom is 0.168 e. The van der Waals surface area contributed by atoms with Gasteiger partial charge in [-0.15, -0.1) is 0 Å². The minimum atomic E-state index is -0.831. The standard InChI is InChI=1S/C16H16F3NO/c1-10(2)20-9-12-13(18)4-3-5-15(12)21-16-7-6-11(17)8-14(16)19/h3-8,10,20H,9H2,1-2H3. The molecule has 0 unspecified atom stereocenters. The number of benzene rings is 2. The van der Waals surface area contributed by atoms with Crippen molar-refractivity contribution in [3.05, 3.63) is 59.4 Å². The van der Waals surface area contributed by atoms with Gasteiger partial charge >= 0.3 is 0 Å².